The molecule has 0 bridgehead atoms. The average molecular weight is 774 g/mol. The summed E-state index contributed by atoms with van der Waals surface area (Å²) in [5.74, 6) is -0.328. The minimum atomic E-state index is -0.954. The van der Waals surface area contributed by atoms with Crippen molar-refractivity contribution in [2.45, 2.75) is 270 Å². The number of amides is 1. The topological polar surface area (TPSA) is 89.8 Å². The van der Waals surface area contributed by atoms with Crippen molar-refractivity contribution in [2.24, 2.45) is 0 Å². The summed E-state index contributed by atoms with van der Waals surface area (Å²) in [6, 6.07) is -0.763. The van der Waals surface area contributed by atoms with Gasteiger partial charge in [0.2, 0.25) is 5.91 Å². The smallest absolute Gasteiger partial charge is 0.222 e. The molecular weight excluding hydrogens is 679 g/mol. The Hall–Kier alpha value is -1.43. The van der Waals surface area contributed by atoms with Gasteiger partial charge in [0.25, 0.3) is 0 Å². The van der Waals surface area contributed by atoms with E-state index in [2.05, 4.69) is 43.5 Å². The summed E-state index contributed by atoms with van der Waals surface area (Å²) in [4.78, 5) is 12.5. The van der Waals surface area contributed by atoms with Crippen LogP contribution in [0.2, 0.25) is 0 Å². The van der Waals surface area contributed by atoms with Crippen molar-refractivity contribution in [1.82, 2.24) is 5.32 Å². The van der Waals surface area contributed by atoms with Crippen LogP contribution in [-0.4, -0.2) is 46.1 Å². The van der Waals surface area contributed by atoms with Gasteiger partial charge in [-0.3, -0.25) is 4.79 Å². The minimum absolute atomic E-state index is 0.000921. The Balaban J connectivity index is 3.68. The first-order valence-electron chi connectivity index (χ1n) is 24.3. The molecule has 3 unspecified atom stereocenters. The van der Waals surface area contributed by atoms with E-state index in [0.29, 0.717) is 6.42 Å². The molecule has 5 nitrogen and oxygen atoms in total. The van der Waals surface area contributed by atoms with Crippen molar-refractivity contribution < 1.29 is 20.1 Å². The molecular formula is C50H95NO4. The summed E-state index contributed by atoms with van der Waals surface area (Å²) in [7, 11) is 0. The van der Waals surface area contributed by atoms with Gasteiger partial charge in [0.1, 0.15) is 0 Å². The highest BCUT2D eigenvalue weighted by Gasteiger charge is 2.20. The fourth-order valence-corrected chi connectivity index (χ4v) is 7.41. The Morgan fingerprint density at radius 3 is 1.16 bits per heavy atom. The molecule has 1 amide bonds. The average Bonchev–Trinajstić information content (AvgIpc) is 3.18. The maximum atomic E-state index is 12.5. The van der Waals surface area contributed by atoms with Gasteiger partial charge in [-0.05, 0) is 57.8 Å². The zero-order chi connectivity index (χ0) is 40.1. The zero-order valence-electron chi connectivity index (χ0n) is 36.8. The lowest BCUT2D eigenvalue weighted by atomic mass is 10.0. The molecule has 0 heterocycles. The van der Waals surface area contributed by atoms with Crippen LogP contribution in [0, 0.1) is 0 Å². The van der Waals surface area contributed by atoms with Gasteiger partial charge in [-0.2, -0.15) is 0 Å². The van der Waals surface area contributed by atoms with Crippen LogP contribution < -0.4 is 5.32 Å². The first-order chi connectivity index (χ1) is 27.0. The monoisotopic (exact) mass is 774 g/mol. The van der Waals surface area contributed by atoms with Crippen molar-refractivity contribution in [1.29, 1.82) is 0 Å². The van der Waals surface area contributed by atoms with E-state index in [1.165, 1.54) is 180 Å². The Morgan fingerprint density at radius 1 is 0.455 bits per heavy atom. The summed E-state index contributed by atoms with van der Waals surface area (Å²) < 4.78 is 0. The number of carbonyl (C=O) groups is 1. The number of nitrogens with one attached hydrogen (secondary N) is 1. The van der Waals surface area contributed by atoms with Crippen molar-refractivity contribution in [3.05, 3.63) is 36.5 Å². The molecule has 0 aliphatic heterocycles. The number of unbranched alkanes of at least 4 members (excludes halogenated alkanes) is 31. The predicted molar refractivity (Wildman–Crippen MR) is 241 cm³/mol. The maximum Gasteiger partial charge on any atom is 0.222 e. The largest absolute Gasteiger partial charge is 0.394 e. The molecule has 4 N–H and O–H groups in total. The summed E-state index contributed by atoms with van der Waals surface area (Å²) in [5.41, 5.74) is 0. The Labute approximate surface area is 343 Å². The quantitative estimate of drug-likeness (QED) is 0.0367. The molecule has 3 atom stereocenters. The lowest BCUT2D eigenvalue weighted by Crippen LogP contribution is -2.45. The number of aliphatic hydroxyl groups excluding tert-OH is 3. The van der Waals surface area contributed by atoms with Crippen LogP contribution in [-0.2, 0) is 4.79 Å². The van der Waals surface area contributed by atoms with Crippen molar-refractivity contribution >= 4 is 5.91 Å². The fraction of sp³-hybridized carbons (Fsp3) is 0.860. The molecule has 0 saturated carbocycles. The molecule has 0 spiro atoms. The van der Waals surface area contributed by atoms with Gasteiger partial charge in [-0.25, -0.2) is 0 Å². The van der Waals surface area contributed by atoms with E-state index in [0.717, 1.165) is 44.9 Å². The number of hydrogen-bond acceptors (Lipinski definition) is 4. The molecule has 0 aliphatic carbocycles. The van der Waals surface area contributed by atoms with Gasteiger partial charge in [0.15, 0.2) is 0 Å². The molecule has 0 rings (SSSR count). The van der Waals surface area contributed by atoms with E-state index in [1.807, 2.05) is 6.08 Å². The van der Waals surface area contributed by atoms with Crippen LogP contribution >= 0.6 is 0 Å². The summed E-state index contributed by atoms with van der Waals surface area (Å²) in [6.07, 6.45) is 57.3. The molecule has 0 aliphatic rings. The van der Waals surface area contributed by atoms with Gasteiger partial charge >= 0.3 is 0 Å². The van der Waals surface area contributed by atoms with Gasteiger partial charge in [0.05, 0.1) is 31.3 Å². The number of rotatable bonds is 44. The first-order valence-corrected chi connectivity index (χ1v) is 24.3. The summed E-state index contributed by atoms with van der Waals surface area (Å²) in [6.45, 7) is 4.22. The second-order valence-electron chi connectivity index (χ2n) is 16.7. The van der Waals surface area contributed by atoms with E-state index in [1.54, 1.807) is 6.08 Å². The second-order valence-corrected chi connectivity index (χ2v) is 16.7. The summed E-state index contributed by atoms with van der Waals surface area (Å²) in [5, 5.41) is 33.3. The van der Waals surface area contributed by atoms with Crippen LogP contribution in [0.1, 0.15) is 251 Å². The molecule has 0 radical (unpaired) electrons. The van der Waals surface area contributed by atoms with Crippen LogP contribution in [0.15, 0.2) is 36.5 Å². The predicted octanol–water partition coefficient (Wildman–Crippen LogP) is 14.3. The summed E-state index contributed by atoms with van der Waals surface area (Å²) >= 11 is 0. The number of allylic oxidation sites excluding steroid dienone is 5. The van der Waals surface area contributed by atoms with E-state index in [4.69, 9.17) is 0 Å². The van der Waals surface area contributed by atoms with E-state index < -0.39 is 18.2 Å². The van der Waals surface area contributed by atoms with Crippen molar-refractivity contribution in [2.75, 3.05) is 6.61 Å². The Morgan fingerprint density at radius 2 is 0.782 bits per heavy atom. The lowest BCUT2D eigenvalue weighted by Gasteiger charge is -2.20. The minimum Gasteiger partial charge on any atom is -0.394 e. The third-order valence-corrected chi connectivity index (χ3v) is 11.1. The molecule has 0 fully saturated rings. The SMILES string of the molecule is CCCCCCCCCCCC/C=C\CCCCCCCC(O)CC(=O)NC(CO)C(O)/C=C/CC/C=C/CCCCCCCCCCCCCCCCC. The number of aliphatic hydroxyl groups is 3. The first kappa shape index (κ1) is 53.6. The number of carbonyl (C=O) groups excluding carboxylic acids is 1. The third-order valence-electron chi connectivity index (χ3n) is 11.1. The van der Waals surface area contributed by atoms with E-state index in [9.17, 15) is 20.1 Å². The third kappa shape index (κ3) is 42.0. The van der Waals surface area contributed by atoms with Crippen LogP contribution in [0.25, 0.3) is 0 Å². The fourth-order valence-electron chi connectivity index (χ4n) is 7.41. The standard InChI is InChI=1S/C50H95NO4/c1-3-5-7-9-11-13-15-17-19-21-23-24-26-28-30-32-34-36-38-40-42-44-49(54)48(46-52)51-50(55)45-47(53)43-41-39-37-35-33-31-29-27-25-22-20-18-16-14-12-10-8-6-4-2/h27,29,34,36,42,44,47-49,52-54H,3-26,28,30-33,35,37-41,43,45-46H2,1-2H3,(H,51,55)/b29-27-,36-34+,44-42+. The molecule has 0 aromatic carbocycles. The Bertz CT molecular complexity index is 855. The van der Waals surface area contributed by atoms with Crippen LogP contribution in [0.3, 0.4) is 0 Å². The van der Waals surface area contributed by atoms with Crippen LogP contribution in [0.4, 0.5) is 0 Å². The van der Waals surface area contributed by atoms with Crippen molar-refractivity contribution in [3.8, 4) is 0 Å². The molecule has 0 saturated heterocycles. The lowest BCUT2D eigenvalue weighted by molar-refractivity contribution is -0.124. The normalized spacial score (nSPS) is 13.8. The van der Waals surface area contributed by atoms with E-state index >= 15 is 0 Å². The molecule has 324 valence electrons. The van der Waals surface area contributed by atoms with Gasteiger partial charge in [0, 0.05) is 0 Å². The molecule has 0 aromatic rings. The Kier molecular flexibility index (Phi) is 44.1. The maximum absolute atomic E-state index is 12.5. The molecule has 0 aromatic heterocycles. The van der Waals surface area contributed by atoms with E-state index in [-0.39, 0.29) is 18.9 Å². The highest BCUT2D eigenvalue weighted by molar-refractivity contribution is 5.76. The second kappa shape index (κ2) is 45.3. The highest BCUT2D eigenvalue weighted by atomic mass is 16.3. The van der Waals surface area contributed by atoms with Gasteiger partial charge in [-0.15, -0.1) is 0 Å². The van der Waals surface area contributed by atoms with Crippen molar-refractivity contribution in [3.63, 3.8) is 0 Å². The van der Waals surface area contributed by atoms with Crippen LogP contribution in [0.5, 0.6) is 0 Å². The molecule has 5 heteroatoms. The highest BCUT2D eigenvalue weighted by Crippen LogP contribution is 2.15. The zero-order valence-corrected chi connectivity index (χ0v) is 36.8. The number of hydrogen-bond donors (Lipinski definition) is 4. The van der Waals surface area contributed by atoms with Gasteiger partial charge < -0.3 is 20.6 Å². The van der Waals surface area contributed by atoms with Gasteiger partial charge in [-0.1, -0.05) is 224 Å². The molecule has 55 heavy (non-hydrogen) atoms.